The number of aliphatic hydroxyl groups is 3. The van der Waals surface area contributed by atoms with Crippen molar-refractivity contribution in [1.29, 1.82) is 0 Å². The number of carboxylic acid groups (broad SMARTS) is 3. The molecule has 0 saturated carbocycles. The molecular weight excluding hydrogens is 1230 g/mol. The van der Waals surface area contributed by atoms with Crippen LogP contribution >= 0.6 is 0 Å². The first-order valence-corrected chi connectivity index (χ1v) is 28.5. The third-order valence-electron chi connectivity index (χ3n) is 12.9. The zero-order valence-corrected chi connectivity index (χ0v) is 51.6. The highest BCUT2D eigenvalue weighted by molar-refractivity contribution is 6.00. The summed E-state index contributed by atoms with van der Waals surface area (Å²) in [6.45, 7) is 9.06. The molecule has 0 aliphatic heterocycles. The second-order valence-electron chi connectivity index (χ2n) is 21.4. The molecule has 512 valence electrons. The average Bonchev–Trinajstić information content (AvgIpc) is 1.02. The Morgan fingerprint density at radius 2 is 0.880 bits per heavy atom. The van der Waals surface area contributed by atoms with Crippen LogP contribution in [-0.2, 0) is 76.7 Å². The lowest BCUT2D eigenvalue weighted by molar-refractivity contribution is -0.384. The lowest BCUT2D eigenvalue weighted by Gasteiger charge is -2.29. The van der Waals surface area contributed by atoms with Gasteiger partial charge in [0.15, 0.2) is 0 Å². The molecule has 1 rings (SSSR count). The van der Waals surface area contributed by atoms with E-state index in [1.807, 2.05) is 16.0 Å². The Hall–Kier alpha value is -9.98. The molecule has 1 aromatic rings. The summed E-state index contributed by atoms with van der Waals surface area (Å²) in [4.78, 5) is 217. The highest BCUT2D eigenvalue weighted by Gasteiger charge is 2.38. The van der Waals surface area contributed by atoms with Crippen molar-refractivity contribution in [2.24, 2.45) is 11.8 Å². The van der Waals surface area contributed by atoms with Crippen molar-refractivity contribution < 1.29 is 117 Å². The first-order valence-electron chi connectivity index (χ1n) is 28.5. The molecule has 0 aromatic heterocycles. The quantitative estimate of drug-likeness (QED) is 0.0126. The molecule has 18 N–H and O–H groups in total. The minimum absolute atomic E-state index is 0.0529. The smallest absolute Gasteiger partial charge is 0.334 e. The van der Waals surface area contributed by atoms with Gasteiger partial charge in [0.05, 0.1) is 43.6 Å². The van der Waals surface area contributed by atoms with Crippen LogP contribution in [0.2, 0.25) is 0 Å². The molecule has 0 fully saturated rings. The topological polar surface area (TPSA) is 591 Å². The number of aliphatic carboxylic acids is 3. The van der Waals surface area contributed by atoms with Crippen LogP contribution in [0.1, 0.15) is 101 Å². The van der Waals surface area contributed by atoms with Gasteiger partial charge in [0, 0.05) is 25.5 Å². The monoisotopic (exact) mass is 1310 g/mol. The van der Waals surface area contributed by atoms with Crippen molar-refractivity contribution in [1.82, 2.24) is 63.8 Å². The Morgan fingerprint density at radius 3 is 1.33 bits per heavy atom. The highest BCUT2D eigenvalue weighted by atomic mass is 16.6. The molecular formula is C54H81N13O25. The zero-order valence-electron chi connectivity index (χ0n) is 51.6. The Kier molecular flexibility index (Phi) is 34.1. The molecule has 92 heavy (non-hydrogen) atoms. The summed E-state index contributed by atoms with van der Waals surface area (Å²) in [5.74, 6) is -21.3. The number of carboxylic acids is 3. The Balaban J connectivity index is 3.26. The van der Waals surface area contributed by atoms with Gasteiger partial charge in [0.2, 0.25) is 70.9 Å². The number of esters is 1. The Labute approximate surface area is 525 Å². The summed E-state index contributed by atoms with van der Waals surface area (Å²) in [5, 5.41) is 95.7. The molecule has 0 spiro atoms. The second kappa shape index (κ2) is 39.2. The van der Waals surface area contributed by atoms with E-state index in [0.717, 1.165) is 32.9 Å². The molecule has 38 nitrogen and oxygen atoms in total. The van der Waals surface area contributed by atoms with E-state index in [4.69, 9.17) is 4.74 Å². The van der Waals surface area contributed by atoms with Gasteiger partial charge in [0.25, 0.3) is 5.69 Å². The normalized spacial score (nSPS) is 14.8. The lowest BCUT2D eigenvalue weighted by Crippen LogP contribution is -2.62. The predicted molar refractivity (Wildman–Crippen MR) is 312 cm³/mol. The third-order valence-corrected chi connectivity index (χ3v) is 12.9. The molecule has 38 heteroatoms. The number of nitrogens with one attached hydrogen (secondary N) is 12. The minimum atomic E-state index is -2.16. The van der Waals surface area contributed by atoms with Crippen LogP contribution in [0.4, 0.5) is 5.69 Å². The van der Waals surface area contributed by atoms with E-state index in [-0.39, 0.29) is 17.9 Å². The van der Waals surface area contributed by atoms with Crippen LogP contribution in [0.25, 0.3) is 0 Å². The number of non-ortho nitro benzene ring substituents is 1. The van der Waals surface area contributed by atoms with Gasteiger partial charge in [-0.05, 0) is 57.6 Å². The third kappa shape index (κ3) is 28.2. The van der Waals surface area contributed by atoms with Gasteiger partial charge >= 0.3 is 23.9 Å². The molecule has 0 aliphatic rings. The number of hydrogen-bond donors (Lipinski definition) is 18. The van der Waals surface area contributed by atoms with Gasteiger partial charge in [-0.3, -0.25) is 82.0 Å². The van der Waals surface area contributed by atoms with Crippen LogP contribution in [0.3, 0.4) is 0 Å². The summed E-state index contributed by atoms with van der Waals surface area (Å²) in [6, 6.07) is -14.3. The van der Waals surface area contributed by atoms with Crippen LogP contribution in [0.5, 0.6) is 5.75 Å². The van der Waals surface area contributed by atoms with E-state index >= 15 is 0 Å². The summed E-state index contributed by atoms with van der Waals surface area (Å²) >= 11 is 0. The minimum Gasteiger partial charge on any atom is -0.481 e. The molecule has 1 aromatic carbocycles. The Morgan fingerprint density at radius 1 is 0.478 bits per heavy atom. The number of nitro benzene ring substituents is 1. The SMILES string of the molecule is CCC[C@H](NC(=O)[C@H](C)NC(=O)[C@@H](NC(=O)[C@@H](NC(=O)[C@H](CC(=O)O)NC(=O)[C@H](CCC(=O)O)NC(=O)[C@@H](NC(=O)[C@H](CC(=O)O)NC(=O)[C@H](C)NC(=O)CNC(=O)[C@H](CO)NC(=O)[C@H](CO)NC(C)=O)[C@@H](C)O)C(C)C)C(C)C)C(=O)Oc1ccc([N+](=O)[O-])cc1. The number of rotatable bonds is 40. The summed E-state index contributed by atoms with van der Waals surface area (Å²) < 4.78 is 5.29. The van der Waals surface area contributed by atoms with Crippen molar-refractivity contribution in [3.63, 3.8) is 0 Å². The fourth-order valence-electron chi connectivity index (χ4n) is 7.94. The van der Waals surface area contributed by atoms with E-state index in [2.05, 4.69) is 47.9 Å². The maximum atomic E-state index is 13.9. The van der Waals surface area contributed by atoms with Crippen LogP contribution in [0, 0.1) is 22.0 Å². The number of ether oxygens (including phenoxy) is 1. The van der Waals surface area contributed by atoms with Crippen LogP contribution in [-0.4, -0.2) is 223 Å². The maximum Gasteiger partial charge on any atom is 0.334 e. The second-order valence-corrected chi connectivity index (χ2v) is 21.4. The number of nitro groups is 1. The van der Waals surface area contributed by atoms with Gasteiger partial charge < -0.3 is 99.2 Å². The number of aliphatic hydroxyl groups excluding tert-OH is 3. The van der Waals surface area contributed by atoms with Gasteiger partial charge in [-0.25, -0.2) is 4.79 Å². The number of benzene rings is 1. The summed E-state index contributed by atoms with van der Waals surface area (Å²) in [5.41, 5.74) is -0.269. The van der Waals surface area contributed by atoms with Crippen molar-refractivity contribution in [3.8, 4) is 5.75 Å². The van der Waals surface area contributed by atoms with E-state index < -0.39 is 230 Å². The van der Waals surface area contributed by atoms with E-state index in [0.29, 0.717) is 6.42 Å². The fourth-order valence-corrected chi connectivity index (χ4v) is 7.94. The molecule has 12 amide bonds. The number of carbonyl (C=O) groups excluding carboxylic acids is 13. The predicted octanol–water partition coefficient (Wildman–Crippen LogP) is -6.70. The van der Waals surface area contributed by atoms with Gasteiger partial charge in [0.1, 0.15) is 72.2 Å². The van der Waals surface area contributed by atoms with Gasteiger partial charge in [-0.2, -0.15) is 0 Å². The number of carbonyl (C=O) groups is 16. The van der Waals surface area contributed by atoms with Gasteiger partial charge in [-0.15, -0.1) is 0 Å². The number of hydrogen-bond acceptors (Lipinski definition) is 22. The van der Waals surface area contributed by atoms with Crippen LogP contribution in [0.15, 0.2) is 24.3 Å². The maximum absolute atomic E-state index is 13.9. The number of nitrogens with zero attached hydrogens (tertiary/aromatic N) is 1. The molecule has 0 radical (unpaired) electrons. The van der Waals surface area contributed by atoms with Gasteiger partial charge in [-0.1, -0.05) is 41.0 Å². The Bertz CT molecular complexity index is 2850. The average molecular weight is 1310 g/mol. The molecule has 0 unspecified atom stereocenters. The standard InChI is InChI=1S/C54H81N13O25/c1-10-11-32(54(89)92-30-14-12-29(13-15-30)67(90)91)60-45(80)26(7)57-51(86)41(23(2)3)65-52(87)42(24(4)5)64-48(83)34(19-40(77)78)62-47(82)31(16-17-38(73)74)59-53(88)43(27(8)70)66-49(84)33(18-39(75)76)61-44(79)25(6)56-37(72)20-55-46(81)35(21-68)63-50(85)36(22-69)58-28(9)71/h12-15,23-27,31-36,41-43,68-70H,10-11,16-22H2,1-9H3,(H,55,81)(H,56,72)(H,57,86)(H,58,71)(H,59,88)(H,60,80)(H,61,79)(H,62,82)(H,63,85)(H,64,83)(H,65,87)(H,66,84)(H,73,74)(H,75,76)(H,77,78)/t25-,26-,27+,31-,32-,33-,34-,35-,36-,41-,42-,43-/m0/s1. The van der Waals surface area contributed by atoms with Crippen molar-refractivity contribution in [2.75, 3.05) is 19.8 Å². The largest absolute Gasteiger partial charge is 0.481 e. The molecule has 0 aliphatic carbocycles. The van der Waals surface area contributed by atoms with E-state index in [1.54, 1.807) is 6.92 Å². The summed E-state index contributed by atoms with van der Waals surface area (Å²) in [7, 11) is 0. The van der Waals surface area contributed by atoms with Crippen molar-refractivity contribution >= 4 is 100 Å². The molecule has 12 atom stereocenters. The number of amides is 12. The summed E-state index contributed by atoms with van der Waals surface area (Å²) in [6.07, 6.45) is -5.61. The molecule has 0 saturated heterocycles. The first kappa shape index (κ1) is 80.0. The lowest BCUT2D eigenvalue weighted by atomic mass is 9.99. The molecule has 0 heterocycles. The van der Waals surface area contributed by atoms with Crippen molar-refractivity contribution in [2.45, 2.75) is 173 Å². The van der Waals surface area contributed by atoms with Crippen LogP contribution < -0.4 is 68.5 Å². The fraction of sp³-hybridized carbons (Fsp3) is 0.593. The molecule has 0 bridgehead atoms. The van der Waals surface area contributed by atoms with E-state index in [1.165, 1.54) is 46.8 Å². The highest BCUT2D eigenvalue weighted by Crippen LogP contribution is 2.19. The van der Waals surface area contributed by atoms with Crippen molar-refractivity contribution in [3.05, 3.63) is 34.4 Å². The first-order chi connectivity index (χ1) is 42.9. The zero-order chi connectivity index (χ0) is 70.4. The van der Waals surface area contributed by atoms with E-state index in [9.17, 15) is 117 Å².